The summed E-state index contributed by atoms with van der Waals surface area (Å²) in [6, 6.07) is 5.22. The van der Waals surface area contributed by atoms with Gasteiger partial charge in [-0.2, -0.15) is 0 Å². The Balaban J connectivity index is 2.69. The standard InChI is InChI=1S/C16H24FNO/c1-12(8-7-11-18-16(2,3)4)13-9-6-10-14(19-5)15(13)17/h6,8-10,18H,7,11H2,1-5H3/b12-8+. The third-order valence-electron chi connectivity index (χ3n) is 2.86. The average Bonchev–Trinajstić information content (AvgIpc) is 2.33. The molecular weight excluding hydrogens is 241 g/mol. The van der Waals surface area contributed by atoms with Gasteiger partial charge in [0.2, 0.25) is 0 Å². The van der Waals surface area contributed by atoms with Crippen LogP contribution in [0.4, 0.5) is 4.39 Å². The maximum absolute atomic E-state index is 14.0. The first-order valence-electron chi connectivity index (χ1n) is 6.60. The number of hydrogen-bond acceptors (Lipinski definition) is 2. The molecule has 0 fully saturated rings. The number of nitrogens with one attached hydrogen (secondary N) is 1. The van der Waals surface area contributed by atoms with Crippen LogP contribution >= 0.6 is 0 Å². The van der Waals surface area contributed by atoms with E-state index in [9.17, 15) is 4.39 Å². The molecule has 0 unspecified atom stereocenters. The monoisotopic (exact) mass is 265 g/mol. The van der Waals surface area contributed by atoms with Crippen molar-refractivity contribution in [2.24, 2.45) is 0 Å². The predicted octanol–water partition coefficient (Wildman–Crippen LogP) is 4.02. The first-order valence-corrected chi connectivity index (χ1v) is 6.60. The number of ether oxygens (including phenoxy) is 1. The van der Waals surface area contributed by atoms with Crippen LogP contribution in [-0.2, 0) is 0 Å². The number of benzene rings is 1. The third-order valence-corrected chi connectivity index (χ3v) is 2.86. The fourth-order valence-corrected chi connectivity index (χ4v) is 1.82. The van der Waals surface area contributed by atoms with Crippen molar-refractivity contribution < 1.29 is 9.13 Å². The second-order valence-electron chi connectivity index (χ2n) is 5.67. The highest BCUT2D eigenvalue weighted by atomic mass is 19.1. The van der Waals surface area contributed by atoms with Crippen LogP contribution in [0.25, 0.3) is 5.57 Å². The van der Waals surface area contributed by atoms with Gasteiger partial charge in [0.15, 0.2) is 11.6 Å². The van der Waals surface area contributed by atoms with Gasteiger partial charge in [-0.05, 0) is 52.3 Å². The van der Waals surface area contributed by atoms with Crippen molar-refractivity contribution in [3.63, 3.8) is 0 Å². The van der Waals surface area contributed by atoms with Gasteiger partial charge in [-0.15, -0.1) is 0 Å². The topological polar surface area (TPSA) is 21.3 Å². The number of methoxy groups -OCH3 is 1. The molecule has 0 heterocycles. The number of rotatable bonds is 5. The molecule has 0 aliphatic rings. The number of hydrogen-bond donors (Lipinski definition) is 1. The summed E-state index contributed by atoms with van der Waals surface area (Å²) in [5.41, 5.74) is 1.66. The lowest BCUT2D eigenvalue weighted by Crippen LogP contribution is -2.36. The van der Waals surface area contributed by atoms with Gasteiger partial charge in [0, 0.05) is 11.1 Å². The van der Waals surface area contributed by atoms with E-state index in [4.69, 9.17) is 4.74 Å². The zero-order valence-corrected chi connectivity index (χ0v) is 12.5. The summed E-state index contributed by atoms with van der Waals surface area (Å²) in [6.07, 6.45) is 2.93. The first kappa shape index (κ1) is 15.7. The molecular formula is C16H24FNO. The smallest absolute Gasteiger partial charge is 0.172 e. The van der Waals surface area contributed by atoms with Gasteiger partial charge in [0.05, 0.1) is 7.11 Å². The van der Waals surface area contributed by atoms with Crippen molar-refractivity contribution in [1.29, 1.82) is 0 Å². The summed E-state index contributed by atoms with van der Waals surface area (Å²) in [5.74, 6) is 0.000553. The van der Waals surface area contributed by atoms with E-state index in [1.54, 1.807) is 12.1 Å². The maximum atomic E-state index is 14.0. The molecule has 1 N–H and O–H groups in total. The molecule has 0 spiro atoms. The minimum Gasteiger partial charge on any atom is -0.494 e. The first-order chi connectivity index (χ1) is 8.85. The van der Waals surface area contributed by atoms with Gasteiger partial charge in [-0.25, -0.2) is 4.39 Å². The van der Waals surface area contributed by atoms with Crippen molar-refractivity contribution in [2.75, 3.05) is 13.7 Å². The summed E-state index contributed by atoms with van der Waals surface area (Å²) in [4.78, 5) is 0. The lowest BCUT2D eigenvalue weighted by Gasteiger charge is -2.19. The number of allylic oxidation sites excluding steroid dienone is 1. The SMILES string of the molecule is COc1cccc(/C(C)=C/CCNC(C)(C)C)c1F. The van der Waals surface area contributed by atoms with Crippen LogP contribution in [0, 0.1) is 5.82 Å². The molecule has 0 radical (unpaired) electrons. The van der Waals surface area contributed by atoms with Crippen molar-refractivity contribution >= 4 is 5.57 Å². The summed E-state index contributed by atoms with van der Waals surface area (Å²) in [7, 11) is 1.48. The second kappa shape index (κ2) is 6.71. The molecule has 0 aromatic heterocycles. The van der Waals surface area contributed by atoms with E-state index in [1.807, 2.05) is 13.0 Å². The van der Waals surface area contributed by atoms with Gasteiger partial charge in [-0.3, -0.25) is 0 Å². The fraction of sp³-hybridized carbons (Fsp3) is 0.500. The quantitative estimate of drug-likeness (QED) is 0.812. The van der Waals surface area contributed by atoms with E-state index in [2.05, 4.69) is 32.2 Å². The van der Waals surface area contributed by atoms with Crippen LogP contribution in [0.1, 0.15) is 39.7 Å². The molecule has 19 heavy (non-hydrogen) atoms. The van der Waals surface area contributed by atoms with E-state index < -0.39 is 0 Å². The van der Waals surface area contributed by atoms with Crippen LogP contribution in [0.3, 0.4) is 0 Å². The van der Waals surface area contributed by atoms with E-state index >= 15 is 0 Å². The molecule has 106 valence electrons. The highest BCUT2D eigenvalue weighted by Crippen LogP contribution is 2.25. The Kier molecular flexibility index (Phi) is 5.55. The summed E-state index contributed by atoms with van der Waals surface area (Å²) >= 11 is 0. The average molecular weight is 265 g/mol. The Morgan fingerprint density at radius 1 is 1.37 bits per heavy atom. The summed E-state index contributed by atoms with van der Waals surface area (Å²) in [6.45, 7) is 9.20. The normalized spacial score (nSPS) is 12.6. The lowest BCUT2D eigenvalue weighted by atomic mass is 10.0. The molecule has 0 bridgehead atoms. The van der Waals surface area contributed by atoms with E-state index in [0.717, 1.165) is 18.5 Å². The zero-order valence-electron chi connectivity index (χ0n) is 12.5. The largest absolute Gasteiger partial charge is 0.494 e. The van der Waals surface area contributed by atoms with Gasteiger partial charge in [0.1, 0.15) is 0 Å². The summed E-state index contributed by atoms with van der Waals surface area (Å²) < 4.78 is 19.0. The van der Waals surface area contributed by atoms with Crippen LogP contribution in [-0.4, -0.2) is 19.2 Å². The minimum atomic E-state index is -0.289. The van der Waals surface area contributed by atoms with E-state index in [1.165, 1.54) is 7.11 Å². The second-order valence-corrected chi connectivity index (χ2v) is 5.67. The third kappa shape index (κ3) is 5.03. The van der Waals surface area contributed by atoms with Crippen molar-refractivity contribution in [3.8, 4) is 5.75 Å². The molecule has 1 aromatic carbocycles. The molecule has 0 aliphatic carbocycles. The van der Waals surface area contributed by atoms with E-state index in [-0.39, 0.29) is 17.1 Å². The molecule has 3 heteroatoms. The zero-order chi connectivity index (χ0) is 14.5. The molecule has 1 aromatic rings. The molecule has 0 amide bonds. The summed E-state index contributed by atoms with van der Waals surface area (Å²) in [5, 5.41) is 3.40. The molecule has 1 rings (SSSR count). The molecule has 0 aliphatic heterocycles. The van der Waals surface area contributed by atoms with Gasteiger partial charge in [-0.1, -0.05) is 18.2 Å². The predicted molar refractivity (Wildman–Crippen MR) is 79.0 cm³/mol. The molecule has 0 atom stereocenters. The molecule has 2 nitrogen and oxygen atoms in total. The Hall–Kier alpha value is -1.35. The molecule has 0 saturated heterocycles. The van der Waals surface area contributed by atoms with Crippen LogP contribution in [0.15, 0.2) is 24.3 Å². The van der Waals surface area contributed by atoms with Crippen LogP contribution < -0.4 is 10.1 Å². The van der Waals surface area contributed by atoms with Crippen molar-refractivity contribution in [2.45, 2.75) is 39.7 Å². The lowest BCUT2D eigenvalue weighted by molar-refractivity contribution is 0.386. The Labute approximate surface area is 115 Å². The molecule has 0 saturated carbocycles. The van der Waals surface area contributed by atoms with E-state index in [0.29, 0.717) is 5.56 Å². The number of halogens is 1. The maximum Gasteiger partial charge on any atom is 0.172 e. The van der Waals surface area contributed by atoms with Crippen molar-refractivity contribution in [1.82, 2.24) is 5.32 Å². The van der Waals surface area contributed by atoms with Crippen LogP contribution in [0.5, 0.6) is 5.75 Å². The highest BCUT2D eigenvalue weighted by molar-refractivity contribution is 5.65. The van der Waals surface area contributed by atoms with Crippen LogP contribution in [0.2, 0.25) is 0 Å². The highest BCUT2D eigenvalue weighted by Gasteiger charge is 2.10. The Morgan fingerprint density at radius 2 is 2.05 bits per heavy atom. The van der Waals surface area contributed by atoms with Gasteiger partial charge < -0.3 is 10.1 Å². The Bertz CT molecular complexity index is 447. The Morgan fingerprint density at radius 3 is 2.63 bits per heavy atom. The minimum absolute atomic E-state index is 0.114. The van der Waals surface area contributed by atoms with Gasteiger partial charge >= 0.3 is 0 Å². The van der Waals surface area contributed by atoms with Crippen molar-refractivity contribution in [3.05, 3.63) is 35.7 Å². The van der Waals surface area contributed by atoms with Gasteiger partial charge in [0.25, 0.3) is 0 Å². The fourth-order valence-electron chi connectivity index (χ4n) is 1.82.